The SMILES string of the molecule is CC1(C)OB(c2ccc(-c3nn[nH]n3)cc2)OC1(C)C. The van der Waals surface area contributed by atoms with E-state index in [0.29, 0.717) is 5.82 Å². The van der Waals surface area contributed by atoms with Gasteiger partial charge < -0.3 is 9.31 Å². The molecular formula is C13H17BN4O2. The topological polar surface area (TPSA) is 72.9 Å². The summed E-state index contributed by atoms with van der Waals surface area (Å²) in [5.74, 6) is 0.575. The zero-order chi connectivity index (χ0) is 14.4. The Labute approximate surface area is 118 Å². The van der Waals surface area contributed by atoms with Gasteiger partial charge in [0.1, 0.15) is 0 Å². The minimum Gasteiger partial charge on any atom is -0.399 e. The molecule has 1 saturated heterocycles. The lowest BCUT2D eigenvalue weighted by atomic mass is 9.79. The van der Waals surface area contributed by atoms with Gasteiger partial charge in [-0.25, -0.2) is 0 Å². The number of hydrogen-bond donors (Lipinski definition) is 1. The minimum atomic E-state index is -0.348. The van der Waals surface area contributed by atoms with Crippen molar-refractivity contribution >= 4 is 12.6 Å². The van der Waals surface area contributed by atoms with E-state index >= 15 is 0 Å². The van der Waals surface area contributed by atoms with Gasteiger partial charge >= 0.3 is 7.12 Å². The Hall–Kier alpha value is -1.73. The molecule has 104 valence electrons. The van der Waals surface area contributed by atoms with Crippen molar-refractivity contribution < 1.29 is 9.31 Å². The van der Waals surface area contributed by atoms with E-state index in [9.17, 15) is 0 Å². The van der Waals surface area contributed by atoms with Crippen LogP contribution in [0.15, 0.2) is 24.3 Å². The van der Waals surface area contributed by atoms with Crippen LogP contribution in [0.25, 0.3) is 11.4 Å². The van der Waals surface area contributed by atoms with Gasteiger partial charge in [0.05, 0.1) is 11.2 Å². The highest BCUT2D eigenvalue weighted by atomic mass is 16.7. The van der Waals surface area contributed by atoms with E-state index in [1.807, 2.05) is 52.0 Å². The summed E-state index contributed by atoms with van der Waals surface area (Å²) >= 11 is 0. The third kappa shape index (κ3) is 2.12. The lowest BCUT2D eigenvalue weighted by molar-refractivity contribution is 0.00578. The van der Waals surface area contributed by atoms with E-state index in [2.05, 4.69) is 20.6 Å². The second-order valence-electron chi connectivity index (χ2n) is 5.95. The number of aromatic nitrogens is 4. The van der Waals surface area contributed by atoms with Crippen molar-refractivity contribution in [3.63, 3.8) is 0 Å². The molecule has 1 aliphatic rings. The summed E-state index contributed by atoms with van der Waals surface area (Å²) in [6.07, 6.45) is 0. The molecule has 0 radical (unpaired) electrons. The highest BCUT2D eigenvalue weighted by Crippen LogP contribution is 2.36. The number of hydrogen-bond acceptors (Lipinski definition) is 5. The molecule has 20 heavy (non-hydrogen) atoms. The van der Waals surface area contributed by atoms with Gasteiger partial charge in [-0.05, 0) is 38.4 Å². The molecule has 0 amide bonds. The smallest absolute Gasteiger partial charge is 0.399 e. The van der Waals surface area contributed by atoms with Gasteiger partial charge in [0.15, 0.2) is 0 Å². The molecular weight excluding hydrogens is 255 g/mol. The average molecular weight is 272 g/mol. The van der Waals surface area contributed by atoms with Crippen LogP contribution < -0.4 is 5.46 Å². The number of benzene rings is 1. The van der Waals surface area contributed by atoms with Crippen molar-refractivity contribution in [1.82, 2.24) is 20.6 Å². The fourth-order valence-electron chi connectivity index (χ4n) is 2.05. The van der Waals surface area contributed by atoms with E-state index in [-0.39, 0.29) is 18.3 Å². The third-order valence-corrected chi connectivity index (χ3v) is 4.04. The maximum absolute atomic E-state index is 6.01. The summed E-state index contributed by atoms with van der Waals surface area (Å²) in [5.41, 5.74) is 1.23. The van der Waals surface area contributed by atoms with E-state index in [1.165, 1.54) is 0 Å². The lowest BCUT2D eigenvalue weighted by Gasteiger charge is -2.32. The monoisotopic (exact) mass is 272 g/mol. The van der Waals surface area contributed by atoms with Crippen LogP contribution in [0.4, 0.5) is 0 Å². The van der Waals surface area contributed by atoms with E-state index in [1.54, 1.807) is 0 Å². The van der Waals surface area contributed by atoms with Gasteiger partial charge in [0.2, 0.25) is 5.82 Å². The summed E-state index contributed by atoms with van der Waals surface area (Å²) in [5, 5.41) is 13.9. The molecule has 0 atom stereocenters. The molecule has 0 bridgehead atoms. The van der Waals surface area contributed by atoms with Crippen molar-refractivity contribution in [2.75, 3.05) is 0 Å². The van der Waals surface area contributed by atoms with Gasteiger partial charge in [-0.2, -0.15) is 5.21 Å². The molecule has 1 aromatic heterocycles. The summed E-state index contributed by atoms with van der Waals surface area (Å²) < 4.78 is 12.0. The van der Waals surface area contributed by atoms with Crippen molar-refractivity contribution in [2.45, 2.75) is 38.9 Å². The number of tetrazole rings is 1. The fourth-order valence-corrected chi connectivity index (χ4v) is 2.05. The largest absolute Gasteiger partial charge is 0.494 e. The predicted octanol–water partition coefficient (Wildman–Crippen LogP) is 1.17. The molecule has 6 nitrogen and oxygen atoms in total. The van der Waals surface area contributed by atoms with Gasteiger partial charge in [-0.3, -0.25) is 0 Å². The predicted molar refractivity (Wildman–Crippen MR) is 75.3 cm³/mol. The van der Waals surface area contributed by atoms with Crippen LogP contribution in [-0.4, -0.2) is 38.9 Å². The van der Waals surface area contributed by atoms with Gasteiger partial charge in [-0.15, -0.1) is 10.2 Å². The van der Waals surface area contributed by atoms with Crippen LogP contribution in [-0.2, 0) is 9.31 Å². The zero-order valence-electron chi connectivity index (χ0n) is 12.0. The Morgan fingerprint density at radius 3 is 2.10 bits per heavy atom. The summed E-state index contributed by atoms with van der Waals surface area (Å²) in [7, 11) is -0.348. The van der Waals surface area contributed by atoms with Crippen LogP contribution >= 0.6 is 0 Å². The van der Waals surface area contributed by atoms with Crippen LogP contribution in [0.3, 0.4) is 0 Å². The van der Waals surface area contributed by atoms with Gasteiger partial charge in [0.25, 0.3) is 0 Å². The highest BCUT2D eigenvalue weighted by Gasteiger charge is 2.51. The maximum atomic E-state index is 6.01. The Kier molecular flexibility index (Phi) is 2.91. The molecule has 2 heterocycles. The van der Waals surface area contributed by atoms with E-state index in [0.717, 1.165) is 11.0 Å². The molecule has 0 aliphatic carbocycles. The Bertz CT molecular complexity index is 579. The molecule has 2 aromatic rings. The standard InChI is InChI=1S/C13H17BN4O2/c1-12(2)13(3,4)20-14(19-12)10-7-5-9(6-8-10)11-15-17-18-16-11/h5-8H,1-4H3,(H,15,16,17,18). The first-order chi connectivity index (χ1) is 9.39. The van der Waals surface area contributed by atoms with E-state index < -0.39 is 0 Å². The first-order valence-corrected chi connectivity index (χ1v) is 6.58. The molecule has 7 heteroatoms. The Morgan fingerprint density at radius 2 is 1.60 bits per heavy atom. The quantitative estimate of drug-likeness (QED) is 0.831. The van der Waals surface area contributed by atoms with Crippen LogP contribution in [0.1, 0.15) is 27.7 Å². The molecule has 1 N–H and O–H groups in total. The fraction of sp³-hybridized carbons (Fsp3) is 0.462. The highest BCUT2D eigenvalue weighted by molar-refractivity contribution is 6.62. The minimum absolute atomic E-state index is 0.329. The van der Waals surface area contributed by atoms with Crippen molar-refractivity contribution in [3.05, 3.63) is 24.3 Å². The molecule has 0 saturated carbocycles. The van der Waals surface area contributed by atoms with Crippen LogP contribution in [0.2, 0.25) is 0 Å². The molecule has 3 rings (SSSR count). The van der Waals surface area contributed by atoms with Crippen molar-refractivity contribution in [1.29, 1.82) is 0 Å². The lowest BCUT2D eigenvalue weighted by Crippen LogP contribution is -2.41. The normalized spacial score (nSPS) is 20.3. The number of nitrogens with zero attached hydrogens (tertiary/aromatic N) is 3. The molecule has 1 fully saturated rings. The first kappa shape index (κ1) is 13.3. The second kappa shape index (κ2) is 4.39. The molecule has 1 aliphatic heterocycles. The Balaban J connectivity index is 1.83. The molecule has 1 aromatic carbocycles. The summed E-state index contributed by atoms with van der Waals surface area (Å²) in [6, 6.07) is 7.80. The summed E-state index contributed by atoms with van der Waals surface area (Å²) in [4.78, 5) is 0. The first-order valence-electron chi connectivity index (χ1n) is 6.58. The van der Waals surface area contributed by atoms with Crippen molar-refractivity contribution in [2.24, 2.45) is 0 Å². The number of H-pyrrole nitrogens is 1. The van der Waals surface area contributed by atoms with Crippen LogP contribution in [0.5, 0.6) is 0 Å². The van der Waals surface area contributed by atoms with E-state index in [4.69, 9.17) is 9.31 Å². The number of nitrogens with one attached hydrogen (secondary N) is 1. The number of aromatic amines is 1. The molecule has 0 spiro atoms. The maximum Gasteiger partial charge on any atom is 0.494 e. The summed E-state index contributed by atoms with van der Waals surface area (Å²) in [6.45, 7) is 8.17. The second-order valence-corrected chi connectivity index (χ2v) is 5.95. The number of rotatable bonds is 2. The van der Waals surface area contributed by atoms with Crippen molar-refractivity contribution in [3.8, 4) is 11.4 Å². The van der Waals surface area contributed by atoms with Crippen LogP contribution in [0, 0.1) is 0 Å². The molecule has 0 unspecified atom stereocenters. The zero-order valence-corrected chi connectivity index (χ0v) is 12.0. The average Bonchev–Trinajstić information content (AvgIpc) is 2.97. The Morgan fingerprint density at radius 1 is 1.00 bits per heavy atom. The van der Waals surface area contributed by atoms with Gasteiger partial charge in [0, 0.05) is 5.56 Å². The van der Waals surface area contributed by atoms with Gasteiger partial charge in [-0.1, -0.05) is 24.3 Å². The third-order valence-electron chi connectivity index (χ3n) is 4.04.